The minimum Gasteiger partial charge on any atom is -0.481 e. The molecule has 0 spiro atoms. The van der Waals surface area contributed by atoms with Crippen molar-refractivity contribution >= 4 is 23.5 Å². The monoisotopic (exact) mass is 590 g/mol. The number of aromatic nitrogens is 3. The third-order valence-corrected chi connectivity index (χ3v) is 9.23. The predicted molar refractivity (Wildman–Crippen MR) is 163 cm³/mol. The Hall–Kier alpha value is -3.27. The Bertz CT molecular complexity index is 1390. The van der Waals surface area contributed by atoms with E-state index in [0.29, 0.717) is 28.6 Å². The van der Waals surface area contributed by atoms with Gasteiger partial charge in [-0.1, -0.05) is 11.6 Å². The number of halogens is 1. The van der Waals surface area contributed by atoms with Crippen LogP contribution in [0.1, 0.15) is 43.2 Å². The number of fused-ring (bicyclic) bond motifs is 1. The molecule has 222 valence electrons. The summed E-state index contributed by atoms with van der Waals surface area (Å²) in [5, 5.41) is 9.83. The van der Waals surface area contributed by atoms with E-state index in [0.717, 1.165) is 80.3 Å². The van der Waals surface area contributed by atoms with E-state index in [1.807, 2.05) is 25.1 Å². The summed E-state index contributed by atoms with van der Waals surface area (Å²) in [7, 11) is 2.23. The largest absolute Gasteiger partial charge is 0.481 e. The van der Waals surface area contributed by atoms with Crippen LogP contribution in [-0.2, 0) is 11.3 Å². The third-order valence-electron chi connectivity index (χ3n) is 9.01. The normalized spacial score (nSPS) is 21.8. The molecule has 9 nitrogen and oxygen atoms in total. The van der Waals surface area contributed by atoms with Gasteiger partial charge in [-0.05, 0) is 107 Å². The molecule has 3 aromatic rings. The Morgan fingerprint density at radius 2 is 1.81 bits per heavy atom. The summed E-state index contributed by atoms with van der Waals surface area (Å²) >= 11 is 6.40. The number of aliphatic carboxylic acids is 1. The van der Waals surface area contributed by atoms with Crippen LogP contribution in [0.2, 0.25) is 5.02 Å². The highest BCUT2D eigenvalue weighted by Crippen LogP contribution is 2.33. The summed E-state index contributed by atoms with van der Waals surface area (Å²) in [6.07, 6.45) is 7.87. The molecule has 1 N–H and O–H groups in total. The maximum absolute atomic E-state index is 11.1. The Balaban J connectivity index is 1.19. The van der Waals surface area contributed by atoms with Crippen molar-refractivity contribution in [2.75, 3.05) is 44.7 Å². The van der Waals surface area contributed by atoms with Crippen molar-refractivity contribution in [2.24, 2.45) is 11.8 Å². The van der Waals surface area contributed by atoms with Gasteiger partial charge in [0.05, 0.1) is 18.1 Å². The topological polar surface area (TPSA) is 94.9 Å². The van der Waals surface area contributed by atoms with Gasteiger partial charge in [-0.2, -0.15) is 0 Å². The zero-order chi connectivity index (χ0) is 29.2. The van der Waals surface area contributed by atoms with Crippen LogP contribution in [0.15, 0.2) is 42.7 Å². The van der Waals surface area contributed by atoms with Crippen LogP contribution in [0.4, 0.5) is 5.95 Å². The summed E-state index contributed by atoms with van der Waals surface area (Å²) in [6.45, 7) is 7.61. The number of rotatable bonds is 8. The number of nitrogens with zero attached hydrogens (tertiary/aromatic N) is 6. The van der Waals surface area contributed by atoms with Crippen molar-refractivity contribution < 1.29 is 14.6 Å². The first kappa shape index (κ1) is 28.8. The fourth-order valence-electron chi connectivity index (χ4n) is 6.84. The van der Waals surface area contributed by atoms with Crippen LogP contribution in [0.3, 0.4) is 0 Å². The number of aryl methyl sites for hydroxylation is 1. The second-order valence-electron chi connectivity index (χ2n) is 12.2. The summed E-state index contributed by atoms with van der Waals surface area (Å²) in [6, 6.07) is 10.7. The van der Waals surface area contributed by atoms with E-state index in [4.69, 9.17) is 26.4 Å². The van der Waals surface area contributed by atoms with Gasteiger partial charge < -0.3 is 19.6 Å². The number of carboxylic acid groups (broad SMARTS) is 1. The lowest BCUT2D eigenvalue weighted by atomic mass is 9.93. The molecular weight excluding hydrogens is 552 g/mol. The second-order valence-corrected chi connectivity index (χ2v) is 12.6. The molecule has 2 unspecified atom stereocenters. The van der Waals surface area contributed by atoms with Crippen LogP contribution in [0.25, 0.3) is 11.3 Å². The van der Waals surface area contributed by atoms with Crippen molar-refractivity contribution in [1.29, 1.82) is 0 Å². The van der Waals surface area contributed by atoms with E-state index in [1.165, 1.54) is 13.0 Å². The molecule has 3 aliphatic rings. The van der Waals surface area contributed by atoms with Crippen LogP contribution >= 0.6 is 11.6 Å². The molecule has 10 heteroatoms. The van der Waals surface area contributed by atoms with Crippen LogP contribution in [0, 0.1) is 18.8 Å². The van der Waals surface area contributed by atoms with E-state index in [-0.39, 0.29) is 12.3 Å². The lowest BCUT2D eigenvalue weighted by Gasteiger charge is -2.36. The van der Waals surface area contributed by atoms with Gasteiger partial charge in [0.1, 0.15) is 0 Å². The average molecular weight is 591 g/mol. The number of piperidine rings is 2. The summed E-state index contributed by atoms with van der Waals surface area (Å²) < 4.78 is 6.24. The molecule has 6 rings (SSSR count). The first-order chi connectivity index (χ1) is 20.3. The number of hydrogen-bond acceptors (Lipinski definition) is 8. The highest BCUT2D eigenvalue weighted by Gasteiger charge is 2.37. The van der Waals surface area contributed by atoms with Gasteiger partial charge in [0.2, 0.25) is 11.8 Å². The molecule has 2 atom stereocenters. The van der Waals surface area contributed by atoms with Gasteiger partial charge >= 0.3 is 5.97 Å². The fourth-order valence-corrected chi connectivity index (χ4v) is 7.13. The molecule has 0 amide bonds. The Morgan fingerprint density at radius 1 is 1.02 bits per heavy atom. The number of likely N-dealkylation sites (tertiary alicyclic amines) is 2. The van der Waals surface area contributed by atoms with Crippen molar-refractivity contribution in [3.8, 4) is 22.9 Å². The molecule has 2 aromatic heterocycles. The minimum atomic E-state index is -0.714. The highest BCUT2D eigenvalue weighted by molar-refractivity contribution is 6.30. The fraction of sp³-hybridized carbons (Fsp3) is 0.500. The van der Waals surface area contributed by atoms with E-state index >= 15 is 0 Å². The molecule has 1 aromatic carbocycles. The maximum Gasteiger partial charge on any atom is 0.303 e. The average Bonchev–Trinajstić information content (AvgIpc) is 3.33. The lowest BCUT2D eigenvalue weighted by molar-refractivity contribution is -0.138. The van der Waals surface area contributed by atoms with Gasteiger partial charge in [-0.3, -0.25) is 9.69 Å². The van der Waals surface area contributed by atoms with E-state index in [9.17, 15) is 4.79 Å². The number of anilines is 1. The molecule has 0 bridgehead atoms. The number of hydrogen-bond donors (Lipinski definition) is 1. The second kappa shape index (κ2) is 12.5. The summed E-state index contributed by atoms with van der Waals surface area (Å²) in [5.74, 6) is 1.97. The molecular formula is C32H39ClN6O3. The molecule has 5 heterocycles. The molecule has 3 saturated heterocycles. The van der Waals surface area contributed by atoms with Gasteiger partial charge in [0.25, 0.3) is 0 Å². The lowest BCUT2D eigenvalue weighted by Crippen LogP contribution is -2.45. The van der Waals surface area contributed by atoms with Crippen molar-refractivity contribution in [3.63, 3.8) is 0 Å². The molecule has 3 aliphatic heterocycles. The third kappa shape index (κ3) is 6.85. The number of ether oxygens (including phenoxy) is 1. The van der Waals surface area contributed by atoms with Crippen LogP contribution in [0.5, 0.6) is 11.6 Å². The predicted octanol–water partition coefficient (Wildman–Crippen LogP) is 5.51. The first-order valence-corrected chi connectivity index (χ1v) is 15.3. The maximum atomic E-state index is 11.1. The van der Waals surface area contributed by atoms with Crippen molar-refractivity contribution in [2.45, 2.75) is 51.6 Å². The molecule has 3 fully saturated rings. The van der Waals surface area contributed by atoms with Crippen molar-refractivity contribution in [1.82, 2.24) is 24.8 Å². The zero-order valence-electron chi connectivity index (χ0n) is 24.4. The summed E-state index contributed by atoms with van der Waals surface area (Å²) in [5.41, 5.74) is 3.85. The molecule has 0 saturated carbocycles. The van der Waals surface area contributed by atoms with Crippen LogP contribution < -0.4 is 9.64 Å². The smallest absolute Gasteiger partial charge is 0.303 e. The SMILES string of the molecule is Cc1cc(Cl)cc(-c2cc(CN3CCC(CC(=O)O)CC3)cc(Oc3cnc(N4CCC5C(CCN5C)C4)nc3)n2)c1. The van der Waals surface area contributed by atoms with E-state index in [1.54, 1.807) is 12.4 Å². The number of carboxylic acids is 1. The number of pyridine rings is 1. The highest BCUT2D eigenvalue weighted by atomic mass is 35.5. The van der Waals surface area contributed by atoms with E-state index < -0.39 is 5.97 Å². The summed E-state index contributed by atoms with van der Waals surface area (Å²) in [4.78, 5) is 32.4. The Kier molecular flexibility index (Phi) is 8.60. The van der Waals surface area contributed by atoms with Crippen molar-refractivity contribution in [3.05, 3.63) is 58.9 Å². The Morgan fingerprint density at radius 3 is 2.55 bits per heavy atom. The van der Waals surface area contributed by atoms with Gasteiger partial charge in [-0.25, -0.2) is 15.0 Å². The minimum absolute atomic E-state index is 0.244. The van der Waals surface area contributed by atoms with Gasteiger partial charge in [0.15, 0.2) is 5.75 Å². The quantitative estimate of drug-likeness (QED) is 0.364. The zero-order valence-corrected chi connectivity index (χ0v) is 25.1. The first-order valence-electron chi connectivity index (χ1n) is 15.0. The van der Waals surface area contributed by atoms with Crippen LogP contribution in [-0.4, -0.2) is 81.6 Å². The molecule has 0 aliphatic carbocycles. The number of carbonyl (C=O) groups is 1. The van der Waals surface area contributed by atoms with Gasteiger partial charge in [0, 0.05) is 48.7 Å². The Labute approximate surface area is 252 Å². The van der Waals surface area contributed by atoms with Gasteiger partial charge in [-0.15, -0.1) is 0 Å². The standard InChI is InChI=1S/C32H39ClN6O3/c1-21-11-25(16-26(33)12-21)28-13-23(19-38-8-3-22(4-9-38)15-31(40)41)14-30(36-28)42-27-17-34-32(35-18-27)39-10-6-29-24(20-39)5-7-37(29)2/h11-14,16-18,22,24,29H,3-10,15,19-20H2,1-2H3,(H,40,41). The molecule has 42 heavy (non-hydrogen) atoms. The number of benzene rings is 1. The van der Waals surface area contributed by atoms with E-state index in [2.05, 4.69) is 43.8 Å². The molecule has 0 radical (unpaired) electrons.